The zero-order chi connectivity index (χ0) is 13.1. The minimum absolute atomic E-state index is 0.267. The number of unbranched alkanes of at least 4 members (excludes halogenated alkanes) is 3. The van der Waals surface area contributed by atoms with Crippen LogP contribution in [-0.2, 0) is 6.54 Å². The average Bonchev–Trinajstić information content (AvgIpc) is 2.62. The predicted molar refractivity (Wildman–Crippen MR) is 78.9 cm³/mol. The lowest BCUT2D eigenvalue weighted by molar-refractivity contribution is 0.587. The first-order valence-electron chi connectivity index (χ1n) is 6.21. The van der Waals surface area contributed by atoms with Crippen LogP contribution in [0.2, 0.25) is 0 Å². The van der Waals surface area contributed by atoms with E-state index in [0.717, 1.165) is 24.0 Å². The Balaban J connectivity index is 2.29. The molecule has 98 valence electrons. The van der Waals surface area contributed by atoms with Crippen molar-refractivity contribution < 1.29 is 4.39 Å². The molecule has 0 bridgehead atoms. The van der Waals surface area contributed by atoms with Crippen LogP contribution in [0.25, 0.3) is 11.0 Å². The highest BCUT2D eigenvalue weighted by Crippen LogP contribution is 2.23. The van der Waals surface area contributed by atoms with Crippen LogP contribution >= 0.6 is 28.1 Å². The molecule has 0 fully saturated rings. The normalized spacial score (nSPS) is 11.3. The molecule has 0 amide bonds. The van der Waals surface area contributed by atoms with E-state index >= 15 is 0 Å². The van der Waals surface area contributed by atoms with Crippen LogP contribution in [0.4, 0.5) is 4.39 Å². The first kappa shape index (κ1) is 13.7. The van der Waals surface area contributed by atoms with Gasteiger partial charge in [0, 0.05) is 12.6 Å². The van der Waals surface area contributed by atoms with Crippen molar-refractivity contribution in [3.05, 3.63) is 27.2 Å². The molecule has 2 nitrogen and oxygen atoms in total. The Labute approximate surface area is 119 Å². The Bertz CT molecular complexity index is 603. The first-order chi connectivity index (χ1) is 8.63. The summed E-state index contributed by atoms with van der Waals surface area (Å²) in [6.07, 6.45) is 4.77. The third-order valence-corrected chi connectivity index (χ3v) is 3.98. The van der Waals surface area contributed by atoms with Gasteiger partial charge in [0.1, 0.15) is 5.82 Å². The summed E-state index contributed by atoms with van der Waals surface area (Å²) in [5.41, 5.74) is 1.72. The van der Waals surface area contributed by atoms with Crippen molar-refractivity contribution in [2.75, 3.05) is 0 Å². The summed E-state index contributed by atoms with van der Waals surface area (Å²) in [5.74, 6) is -0.267. The molecule has 0 atom stereocenters. The standard InChI is InChI=1S/C13H16BrFN2S/c1-2-3-4-5-6-17-12-7-9(14)10(15)8-11(12)16-13(17)18/h7-8H,2-6H2,1H3,(H,16,18). The molecular weight excluding hydrogens is 315 g/mol. The van der Waals surface area contributed by atoms with Gasteiger partial charge in [-0.25, -0.2) is 4.39 Å². The van der Waals surface area contributed by atoms with E-state index in [9.17, 15) is 4.39 Å². The van der Waals surface area contributed by atoms with Gasteiger partial charge >= 0.3 is 0 Å². The second-order valence-corrected chi connectivity index (χ2v) is 5.67. The fourth-order valence-electron chi connectivity index (χ4n) is 2.07. The molecule has 0 aliphatic rings. The third-order valence-electron chi connectivity index (χ3n) is 3.05. The summed E-state index contributed by atoms with van der Waals surface area (Å²) in [7, 11) is 0. The van der Waals surface area contributed by atoms with E-state index in [4.69, 9.17) is 12.2 Å². The van der Waals surface area contributed by atoms with Crippen LogP contribution < -0.4 is 0 Å². The van der Waals surface area contributed by atoms with Crippen molar-refractivity contribution >= 4 is 39.2 Å². The van der Waals surface area contributed by atoms with E-state index in [1.807, 2.05) is 4.57 Å². The van der Waals surface area contributed by atoms with Crippen molar-refractivity contribution in [1.82, 2.24) is 9.55 Å². The molecule has 0 saturated carbocycles. The Kier molecular flexibility index (Phi) is 4.56. The lowest BCUT2D eigenvalue weighted by atomic mass is 10.2. The van der Waals surface area contributed by atoms with Crippen LogP contribution in [0.3, 0.4) is 0 Å². The highest BCUT2D eigenvalue weighted by Gasteiger charge is 2.08. The number of aromatic nitrogens is 2. The number of H-pyrrole nitrogens is 1. The van der Waals surface area contributed by atoms with Crippen molar-refractivity contribution in [1.29, 1.82) is 0 Å². The second-order valence-electron chi connectivity index (χ2n) is 4.43. The second kappa shape index (κ2) is 5.97. The lowest BCUT2D eigenvalue weighted by Crippen LogP contribution is -1.98. The van der Waals surface area contributed by atoms with Crippen molar-refractivity contribution in [2.45, 2.75) is 39.2 Å². The molecule has 1 aromatic heterocycles. The Morgan fingerprint density at radius 2 is 2.11 bits per heavy atom. The molecular formula is C13H16BrFN2S. The maximum Gasteiger partial charge on any atom is 0.178 e. The fraction of sp³-hybridized carbons (Fsp3) is 0.462. The monoisotopic (exact) mass is 330 g/mol. The van der Waals surface area contributed by atoms with Gasteiger partial charge in [0.2, 0.25) is 0 Å². The van der Waals surface area contributed by atoms with Gasteiger partial charge in [0.25, 0.3) is 0 Å². The van der Waals surface area contributed by atoms with Gasteiger partial charge in [0.05, 0.1) is 15.5 Å². The van der Waals surface area contributed by atoms with E-state index in [0.29, 0.717) is 9.24 Å². The molecule has 0 unspecified atom stereocenters. The molecule has 0 aliphatic heterocycles. The van der Waals surface area contributed by atoms with Crippen LogP contribution in [0.1, 0.15) is 32.6 Å². The molecule has 2 aromatic rings. The molecule has 1 heterocycles. The maximum atomic E-state index is 13.4. The van der Waals surface area contributed by atoms with Crippen molar-refractivity contribution in [3.8, 4) is 0 Å². The van der Waals surface area contributed by atoms with E-state index in [1.165, 1.54) is 25.3 Å². The maximum absolute atomic E-state index is 13.4. The van der Waals surface area contributed by atoms with Gasteiger partial charge < -0.3 is 9.55 Å². The highest BCUT2D eigenvalue weighted by molar-refractivity contribution is 9.10. The largest absolute Gasteiger partial charge is 0.330 e. The Morgan fingerprint density at radius 1 is 1.33 bits per heavy atom. The van der Waals surface area contributed by atoms with Crippen LogP contribution in [0.5, 0.6) is 0 Å². The van der Waals surface area contributed by atoms with Gasteiger partial charge in [-0.15, -0.1) is 0 Å². The smallest absolute Gasteiger partial charge is 0.178 e. The van der Waals surface area contributed by atoms with Gasteiger partial charge in [-0.05, 0) is 40.6 Å². The van der Waals surface area contributed by atoms with E-state index in [1.54, 1.807) is 6.07 Å². The third kappa shape index (κ3) is 2.83. The summed E-state index contributed by atoms with van der Waals surface area (Å²) < 4.78 is 16.6. The minimum Gasteiger partial charge on any atom is -0.330 e. The number of halogens is 2. The molecule has 0 spiro atoms. The number of benzene rings is 1. The zero-order valence-electron chi connectivity index (χ0n) is 10.3. The molecule has 5 heteroatoms. The quantitative estimate of drug-likeness (QED) is 0.591. The number of rotatable bonds is 5. The highest BCUT2D eigenvalue weighted by atomic mass is 79.9. The predicted octanol–water partition coefficient (Wildman–Crippen LogP) is 5.18. The van der Waals surface area contributed by atoms with E-state index < -0.39 is 0 Å². The molecule has 0 saturated heterocycles. The van der Waals surface area contributed by atoms with Crippen molar-refractivity contribution in [3.63, 3.8) is 0 Å². The number of nitrogens with one attached hydrogen (secondary N) is 1. The van der Waals surface area contributed by atoms with E-state index in [2.05, 4.69) is 27.8 Å². The number of nitrogens with zero attached hydrogens (tertiary/aromatic N) is 1. The summed E-state index contributed by atoms with van der Waals surface area (Å²) in [5, 5.41) is 0. The molecule has 2 rings (SSSR count). The Morgan fingerprint density at radius 3 is 2.83 bits per heavy atom. The van der Waals surface area contributed by atoms with Crippen LogP contribution in [0, 0.1) is 10.6 Å². The number of fused-ring (bicyclic) bond motifs is 1. The van der Waals surface area contributed by atoms with Gasteiger partial charge in [-0.3, -0.25) is 0 Å². The summed E-state index contributed by atoms with van der Waals surface area (Å²) >= 11 is 8.50. The molecule has 1 N–H and O–H groups in total. The van der Waals surface area contributed by atoms with Crippen LogP contribution in [-0.4, -0.2) is 9.55 Å². The van der Waals surface area contributed by atoms with Gasteiger partial charge in [-0.1, -0.05) is 26.2 Å². The van der Waals surface area contributed by atoms with Crippen LogP contribution in [0.15, 0.2) is 16.6 Å². The SMILES string of the molecule is CCCCCCn1c(=S)[nH]c2cc(F)c(Br)cc21. The average molecular weight is 331 g/mol. The molecule has 0 aliphatic carbocycles. The number of hydrogen-bond acceptors (Lipinski definition) is 1. The molecule has 1 aromatic carbocycles. The summed E-state index contributed by atoms with van der Waals surface area (Å²) in [4.78, 5) is 3.05. The number of aromatic amines is 1. The van der Waals surface area contributed by atoms with Gasteiger partial charge in [-0.2, -0.15) is 0 Å². The number of aryl methyl sites for hydroxylation is 1. The fourth-order valence-corrected chi connectivity index (χ4v) is 2.70. The molecule has 0 radical (unpaired) electrons. The summed E-state index contributed by atoms with van der Waals surface area (Å²) in [6.45, 7) is 3.08. The van der Waals surface area contributed by atoms with Gasteiger partial charge in [0.15, 0.2) is 4.77 Å². The number of imidazole rings is 1. The summed E-state index contributed by atoms with van der Waals surface area (Å²) in [6, 6.07) is 3.27. The first-order valence-corrected chi connectivity index (χ1v) is 7.41. The molecule has 18 heavy (non-hydrogen) atoms. The lowest BCUT2D eigenvalue weighted by Gasteiger charge is -2.04. The number of hydrogen-bond donors (Lipinski definition) is 1. The Hall–Kier alpha value is -0.680. The minimum atomic E-state index is -0.267. The topological polar surface area (TPSA) is 20.7 Å². The van der Waals surface area contributed by atoms with E-state index in [-0.39, 0.29) is 5.82 Å². The zero-order valence-corrected chi connectivity index (χ0v) is 12.7. The van der Waals surface area contributed by atoms with Crippen molar-refractivity contribution in [2.24, 2.45) is 0 Å².